The molecule has 2 heterocycles. The summed E-state index contributed by atoms with van der Waals surface area (Å²) in [6, 6.07) is 6.37. The third kappa shape index (κ3) is 1.72. The number of rotatable bonds is 1. The summed E-state index contributed by atoms with van der Waals surface area (Å²) < 4.78 is 27.9. The lowest BCUT2D eigenvalue weighted by Crippen LogP contribution is -2.22. The molecular formula is C11H9N3O4S. The van der Waals surface area contributed by atoms with Gasteiger partial charge in [0.1, 0.15) is 11.2 Å². The SMILES string of the molecule is O=C(O)c1ncn2c1CNS(=O)(=O)c1ccccc1-2. The van der Waals surface area contributed by atoms with Crippen molar-refractivity contribution in [3.05, 3.63) is 42.0 Å². The third-order valence-electron chi connectivity index (χ3n) is 2.91. The second kappa shape index (κ2) is 3.90. The molecule has 2 aromatic rings. The highest BCUT2D eigenvalue weighted by atomic mass is 32.2. The van der Waals surface area contributed by atoms with Gasteiger partial charge in [0.2, 0.25) is 10.0 Å². The Morgan fingerprint density at radius 1 is 1.37 bits per heavy atom. The lowest BCUT2D eigenvalue weighted by molar-refractivity contribution is 0.0689. The summed E-state index contributed by atoms with van der Waals surface area (Å²) in [5.74, 6) is -1.19. The van der Waals surface area contributed by atoms with Crippen molar-refractivity contribution in [1.82, 2.24) is 14.3 Å². The van der Waals surface area contributed by atoms with Gasteiger partial charge < -0.3 is 5.11 Å². The largest absolute Gasteiger partial charge is 0.476 e. The first-order valence-electron chi connectivity index (χ1n) is 5.39. The molecule has 3 rings (SSSR count). The highest BCUT2D eigenvalue weighted by molar-refractivity contribution is 7.89. The number of carbonyl (C=O) groups is 1. The Bertz CT molecular complexity index is 779. The summed E-state index contributed by atoms with van der Waals surface area (Å²) in [7, 11) is -3.65. The maximum absolute atomic E-state index is 12.0. The van der Waals surface area contributed by atoms with Gasteiger partial charge in [0, 0.05) is 0 Å². The van der Waals surface area contributed by atoms with Crippen LogP contribution in [0.1, 0.15) is 16.2 Å². The van der Waals surface area contributed by atoms with Crippen molar-refractivity contribution in [3.8, 4) is 5.69 Å². The van der Waals surface area contributed by atoms with Gasteiger partial charge in [-0.1, -0.05) is 12.1 Å². The Morgan fingerprint density at radius 3 is 2.84 bits per heavy atom. The molecule has 0 saturated heterocycles. The molecule has 0 bridgehead atoms. The van der Waals surface area contributed by atoms with Crippen molar-refractivity contribution in [2.24, 2.45) is 0 Å². The van der Waals surface area contributed by atoms with E-state index in [1.54, 1.807) is 18.2 Å². The maximum Gasteiger partial charge on any atom is 0.356 e. The molecule has 98 valence electrons. The van der Waals surface area contributed by atoms with E-state index in [1.165, 1.54) is 17.0 Å². The van der Waals surface area contributed by atoms with Crippen molar-refractivity contribution in [1.29, 1.82) is 0 Å². The van der Waals surface area contributed by atoms with Gasteiger partial charge in [0.05, 0.1) is 17.9 Å². The molecule has 0 atom stereocenters. The smallest absolute Gasteiger partial charge is 0.356 e. The Balaban J connectivity index is 2.34. The highest BCUT2D eigenvalue weighted by Gasteiger charge is 2.28. The number of hydrogen-bond acceptors (Lipinski definition) is 4. The van der Waals surface area contributed by atoms with Gasteiger partial charge in [-0.15, -0.1) is 0 Å². The van der Waals surface area contributed by atoms with Crippen LogP contribution < -0.4 is 4.72 Å². The zero-order valence-corrected chi connectivity index (χ0v) is 10.4. The molecule has 1 aliphatic heterocycles. The van der Waals surface area contributed by atoms with Gasteiger partial charge in [-0.25, -0.2) is 22.9 Å². The van der Waals surface area contributed by atoms with Gasteiger partial charge in [0.25, 0.3) is 0 Å². The van der Waals surface area contributed by atoms with Crippen molar-refractivity contribution in [2.45, 2.75) is 11.4 Å². The fourth-order valence-electron chi connectivity index (χ4n) is 2.05. The van der Waals surface area contributed by atoms with E-state index in [-0.39, 0.29) is 17.1 Å². The summed E-state index contributed by atoms with van der Waals surface area (Å²) in [5.41, 5.74) is 0.544. The molecule has 19 heavy (non-hydrogen) atoms. The standard InChI is InChI=1S/C11H9N3O4S/c15-11(16)10-8-5-13-19(17,18)9-4-2-1-3-7(9)14(8)6-12-10/h1-4,6,13H,5H2,(H,15,16). The van der Waals surface area contributed by atoms with Crippen LogP contribution in [0.4, 0.5) is 0 Å². The molecule has 0 amide bonds. The minimum atomic E-state index is -3.65. The first kappa shape index (κ1) is 11.9. The number of nitrogens with zero attached hydrogens (tertiary/aromatic N) is 2. The van der Waals surface area contributed by atoms with E-state index in [2.05, 4.69) is 9.71 Å². The van der Waals surface area contributed by atoms with Crippen LogP contribution in [-0.2, 0) is 16.6 Å². The molecule has 8 heteroatoms. The van der Waals surface area contributed by atoms with Crippen molar-refractivity contribution < 1.29 is 18.3 Å². The van der Waals surface area contributed by atoms with E-state index in [0.717, 1.165) is 0 Å². The summed E-state index contributed by atoms with van der Waals surface area (Å²) in [6.45, 7) is -0.112. The van der Waals surface area contributed by atoms with Crippen LogP contribution in [0.5, 0.6) is 0 Å². The topological polar surface area (TPSA) is 101 Å². The second-order valence-electron chi connectivity index (χ2n) is 4.01. The number of benzene rings is 1. The van der Waals surface area contributed by atoms with Crippen LogP contribution in [0, 0.1) is 0 Å². The van der Waals surface area contributed by atoms with Gasteiger partial charge in [0.15, 0.2) is 5.69 Å². The molecule has 1 aliphatic rings. The van der Waals surface area contributed by atoms with E-state index in [4.69, 9.17) is 5.11 Å². The molecule has 0 aliphatic carbocycles. The van der Waals surface area contributed by atoms with Gasteiger partial charge in [-0.2, -0.15) is 0 Å². The van der Waals surface area contributed by atoms with E-state index in [0.29, 0.717) is 11.4 Å². The number of carboxylic acid groups (broad SMARTS) is 1. The normalized spacial score (nSPS) is 16.2. The number of imidazole rings is 1. The van der Waals surface area contributed by atoms with Gasteiger partial charge in [-0.05, 0) is 12.1 Å². The first-order valence-corrected chi connectivity index (χ1v) is 6.87. The van der Waals surface area contributed by atoms with Crippen LogP contribution in [0.2, 0.25) is 0 Å². The quantitative estimate of drug-likeness (QED) is 0.785. The molecule has 0 unspecified atom stereocenters. The number of carboxylic acids is 1. The van der Waals surface area contributed by atoms with Crippen LogP contribution in [0.3, 0.4) is 0 Å². The predicted octanol–water partition coefficient (Wildman–Crippen LogP) is 0.362. The number of aromatic nitrogens is 2. The van der Waals surface area contributed by atoms with E-state index < -0.39 is 16.0 Å². The third-order valence-corrected chi connectivity index (χ3v) is 4.36. The van der Waals surface area contributed by atoms with Gasteiger partial charge in [-0.3, -0.25) is 4.57 Å². The average Bonchev–Trinajstić information content (AvgIpc) is 2.76. The number of aromatic carboxylic acids is 1. The fraction of sp³-hybridized carbons (Fsp3) is 0.0909. The number of nitrogens with one attached hydrogen (secondary N) is 1. The van der Waals surface area contributed by atoms with Crippen molar-refractivity contribution in [2.75, 3.05) is 0 Å². The molecule has 0 saturated carbocycles. The predicted molar refractivity (Wildman–Crippen MR) is 64.5 cm³/mol. The van der Waals surface area contributed by atoms with E-state index in [1.807, 2.05) is 0 Å². The Hall–Kier alpha value is -2.19. The molecule has 1 aromatic heterocycles. The molecule has 1 aromatic carbocycles. The number of sulfonamides is 1. The molecule has 7 nitrogen and oxygen atoms in total. The first-order chi connectivity index (χ1) is 9.00. The summed E-state index contributed by atoms with van der Waals surface area (Å²) in [6.07, 6.45) is 1.32. The van der Waals surface area contributed by atoms with Gasteiger partial charge >= 0.3 is 5.97 Å². The minimum Gasteiger partial charge on any atom is -0.476 e. The molecule has 0 fully saturated rings. The monoisotopic (exact) mass is 279 g/mol. The Morgan fingerprint density at radius 2 is 2.11 bits per heavy atom. The Kier molecular flexibility index (Phi) is 2.44. The zero-order valence-electron chi connectivity index (χ0n) is 9.57. The number of hydrogen-bond donors (Lipinski definition) is 2. The molecule has 0 spiro atoms. The van der Waals surface area contributed by atoms with Crippen LogP contribution in [0.25, 0.3) is 5.69 Å². The van der Waals surface area contributed by atoms with Crippen molar-refractivity contribution in [3.63, 3.8) is 0 Å². The lowest BCUT2D eigenvalue weighted by Gasteiger charge is -2.07. The maximum atomic E-state index is 12.0. The second-order valence-corrected chi connectivity index (χ2v) is 5.74. The summed E-state index contributed by atoms with van der Waals surface area (Å²) in [4.78, 5) is 15.0. The van der Waals surface area contributed by atoms with Crippen LogP contribution >= 0.6 is 0 Å². The highest BCUT2D eigenvalue weighted by Crippen LogP contribution is 2.25. The molecular weight excluding hydrogens is 270 g/mol. The molecule has 2 N–H and O–H groups in total. The fourth-order valence-corrected chi connectivity index (χ4v) is 3.24. The summed E-state index contributed by atoms with van der Waals surface area (Å²) in [5, 5.41) is 9.05. The Labute approximate surface area is 108 Å². The van der Waals surface area contributed by atoms with E-state index >= 15 is 0 Å². The minimum absolute atomic E-state index is 0.100. The summed E-state index contributed by atoms with van der Waals surface area (Å²) >= 11 is 0. The number of para-hydroxylation sites is 1. The lowest BCUT2D eigenvalue weighted by atomic mass is 10.2. The average molecular weight is 279 g/mol. The zero-order chi connectivity index (χ0) is 13.6. The molecule has 0 radical (unpaired) electrons. The van der Waals surface area contributed by atoms with Crippen LogP contribution in [0.15, 0.2) is 35.5 Å². The van der Waals surface area contributed by atoms with E-state index in [9.17, 15) is 13.2 Å². The number of fused-ring (bicyclic) bond motifs is 3. The van der Waals surface area contributed by atoms with Crippen molar-refractivity contribution >= 4 is 16.0 Å². The van der Waals surface area contributed by atoms with Crippen LogP contribution in [-0.4, -0.2) is 29.0 Å².